The molecular formula is C40H43N2O7PSi. The second kappa shape index (κ2) is 15.9. The molecule has 2 N–H and O–H groups in total. The van der Waals surface area contributed by atoms with E-state index in [1.165, 1.54) is 17.0 Å². The monoisotopic (exact) mass is 722 g/mol. The largest absolute Gasteiger partial charge is 0.477 e. The number of carboxylic acid groups (broad SMARTS) is 1. The molecule has 1 fully saturated rings. The Hall–Kier alpha value is -5.02. The highest BCUT2D eigenvalue weighted by Gasteiger charge is 2.56. The van der Waals surface area contributed by atoms with Gasteiger partial charge in [0.1, 0.15) is 12.0 Å². The quantitative estimate of drug-likeness (QED) is 0.0518. The van der Waals surface area contributed by atoms with Gasteiger partial charge in [0, 0.05) is 24.6 Å². The summed E-state index contributed by atoms with van der Waals surface area (Å²) in [6, 6.07) is 33.9. The fourth-order valence-corrected chi connectivity index (χ4v) is 12.3. The van der Waals surface area contributed by atoms with Crippen molar-refractivity contribution >= 4 is 66.0 Å². The van der Waals surface area contributed by atoms with E-state index >= 15 is 0 Å². The van der Waals surface area contributed by atoms with Crippen molar-refractivity contribution in [2.24, 2.45) is 5.92 Å². The number of rotatable bonds is 14. The lowest BCUT2D eigenvalue weighted by Crippen LogP contribution is -2.69. The molecule has 0 bridgehead atoms. The molecule has 2 amide bonds. The molecular weight excluding hydrogens is 680 g/mol. The van der Waals surface area contributed by atoms with Crippen molar-refractivity contribution in [1.82, 2.24) is 4.90 Å². The van der Waals surface area contributed by atoms with Gasteiger partial charge in [-0.2, -0.15) is 0 Å². The van der Waals surface area contributed by atoms with E-state index in [0.717, 1.165) is 15.9 Å². The van der Waals surface area contributed by atoms with E-state index in [1.54, 1.807) is 18.2 Å². The van der Waals surface area contributed by atoms with Crippen molar-refractivity contribution in [2.45, 2.75) is 45.1 Å². The van der Waals surface area contributed by atoms with Crippen LogP contribution in [0.25, 0.3) is 0 Å². The smallest absolute Gasteiger partial charge is 0.411 e. The van der Waals surface area contributed by atoms with Crippen molar-refractivity contribution in [1.29, 1.82) is 0 Å². The van der Waals surface area contributed by atoms with Gasteiger partial charge in [0.15, 0.2) is 14.1 Å². The summed E-state index contributed by atoms with van der Waals surface area (Å²) in [7, 11) is -2.16. The number of aliphatic carboxylic acids is 1. The van der Waals surface area contributed by atoms with Crippen LogP contribution in [0.3, 0.4) is 0 Å². The van der Waals surface area contributed by atoms with Crippen LogP contribution in [0.15, 0.2) is 128 Å². The molecule has 1 aliphatic rings. The first-order valence-corrected chi connectivity index (χ1v) is 21.9. The SMILES string of the molecule is C=CCOC(=O)Nc1cccc(C(=O)C[C@@H]2[C@@H]([C@@H](C)O[Si](C)(C)C)C(=O)N2C(C(=O)O)=P(c2ccccc2)(c2ccccc2)c2ccccc2)c1. The molecule has 4 aromatic carbocycles. The van der Waals surface area contributed by atoms with Crippen LogP contribution in [-0.2, 0) is 18.8 Å². The first kappa shape index (κ1) is 37.2. The maximum Gasteiger partial charge on any atom is 0.411 e. The summed E-state index contributed by atoms with van der Waals surface area (Å²) >= 11 is 0. The predicted molar refractivity (Wildman–Crippen MR) is 206 cm³/mol. The maximum absolute atomic E-state index is 14.6. The number of carboxylic acids is 1. The topological polar surface area (TPSA) is 122 Å². The Morgan fingerprint density at radius 3 is 1.88 bits per heavy atom. The van der Waals surface area contributed by atoms with Gasteiger partial charge in [0.2, 0.25) is 5.91 Å². The van der Waals surface area contributed by atoms with Gasteiger partial charge in [0.05, 0.1) is 18.1 Å². The average molecular weight is 723 g/mol. The van der Waals surface area contributed by atoms with Crippen LogP contribution >= 0.6 is 6.89 Å². The van der Waals surface area contributed by atoms with Gasteiger partial charge < -0.3 is 19.2 Å². The second-order valence-electron chi connectivity index (χ2n) is 13.3. The van der Waals surface area contributed by atoms with Crippen LogP contribution in [0.1, 0.15) is 23.7 Å². The number of likely N-dealkylation sites (tertiary alicyclic amines) is 1. The Kier molecular flexibility index (Phi) is 11.6. The number of β-lactam (4-membered cyclic amide) rings is 1. The summed E-state index contributed by atoms with van der Waals surface area (Å²) in [4.78, 5) is 56.2. The molecule has 4 aromatic rings. The molecule has 51 heavy (non-hydrogen) atoms. The lowest BCUT2D eigenvalue weighted by molar-refractivity contribution is -0.155. The second-order valence-corrected chi connectivity index (χ2v) is 21.0. The highest BCUT2D eigenvalue weighted by atomic mass is 31.2. The lowest BCUT2D eigenvalue weighted by Gasteiger charge is -2.51. The van der Waals surface area contributed by atoms with Crippen molar-refractivity contribution in [3.63, 3.8) is 0 Å². The number of carbonyl (C=O) groups excluding carboxylic acids is 3. The zero-order chi connectivity index (χ0) is 36.8. The first-order valence-electron chi connectivity index (χ1n) is 16.7. The van der Waals surface area contributed by atoms with Crippen molar-refractivity contribution in [3.8, 4) is 0 Å². The van der Waals surface area contributed by atoms with E-state index in [0.29, 0.717) is 11.3 Å². The highest BCUT2D eigenvalue weighted by molar-refractivity contribution is 7.96. The van der Waals surface area contributed by atoms with Crippen LogP contribution in [0.5, 0.6) is 0 Å². The molecule has 11 heteroatoms. The number of carbonyl (C=O) groups is 4. The number of anilines is 1. The molecule has 1 aliphatic heterocycles. The Labute approximate surface area is 300 Å². The van der Waals surface area contributed by atoms with Crippen LogP contribution in [0.2, 0.25) is 19.6 Å². The Morgan fingerprint density at radius 2 is 1.41 bits per heavy atom. The number of amides is 2. The fraction of sp³-hybridized carbons (Fsp3) is 0.225. The first-order chi connectivity index (χ1) is 24.4. The van der Waals surface area contributed by atoms with Crippen LogP contribution in [0.4, 0.5) is 10.5 Å². The number of nitrogens with zero attached hydrogens (tertiary/aromatic N) is 1. The van der Waals surface area contributed by atoms with Crippen LogP contribution < -0.4 is 21.2 Å². The summed E-state index contributed by atoms with van der Waals surface area (Å²) < 4.78 is 11.4. The number of ether oxygens (including phenoxy) is 1. The fourth-order valence-electron chi connectivity index (χ4n) is 6.74. The molecule has 1 saturated heterocycles. The normalized spacial score (nSPS) is 16.4. The van der Waals surface area contributed by atoms with Gasteiger partial charge in [-0.3, -0.25) is 14.9 Å². The third kappa shape index (κ3) is 7.99. The predicted octanol–water partition coefficient (Wildman–Crippen LogP) is 6.27. The van der Waals surface area contributed by atoms with Gasteiger partial charge in [0.25, 0.3) is 0 Å². The van der Waals surface area contributed by atoms with E-state index in [4.69, 9.17) is 9.16 Å². The Morgan fingerprint density at radius 1 is 0.882 bits per heavy atom. The minimum Gasteiger partial charge on any atom is -0.477 e. The molecule has 0 saturated carbocycles. The molecule has 0 spiro atoms. The molecule has 1 heterocycles. The molecule has 0 unspecified atom stereocenters. The number of Topliss-reactive ketones (excluding diaryl/α,β-unsaturated/α-hetero) is 1. The van der Waals surface area contributed by atoms with Crippen molar-refractivity contribution < 1.29 is 33.4 Å². The zero-order valence-electron chi connectivity index (χ0n) is 29.2. The summed E-state index contributed by atoms with van der Waals surface area (Å²) in [6.45, 7) is 8.20. The van der Waals surface area contributed by atoms with Gasteiger partial charge in [-0.1, -0.05) is 116 Å². The van der Waals surface area contributed by atoms with Gasteiger partial charge in [-0.15, -0.1) is 0 Å². The third-order valence-corrected chi connectivity index (χ3v) is 14.0. The standard InChI is InChI=1S/C40H43N2O7PSi/c1-6-25-48-40(47)41-30-18-16-17-29(26-30)35(43)27-34-36(28(2)49-51(3,4)5)37(44)42(34)38(39(45)46)50(31-19-10-7-11-20-31,32-21-12-8-13-22-32)33-23-14-9-15-24-33/h6-24,26,28,34,36H,1,25,27H2,2-5H3,(H,41,47)(H,45,46)/t28-,34-,36-/m1/s1. The number of nitrogens with one attached hydrogen (secondary N) is 1. The molecule has 5 rings (SSSR count). The van der Waals surface area contributed by atoms with E-state index in [-0.39, 0.29) is 24.2 Å². The van der Waals surface area contributed by atoms with Gasteiger partial charge >= 0.3 is 12.1 Å². The molecule has 9 nitrogen and oxygen atoms in total. The van der Waals surface area contributed by atoms with Crippen molar-refractivity contribution in [2.75, 3.05) is 11.9 Å². The number of hydrogen-bond donors (Lipinski definition) is 2. The van der Waals surface area contributed by atoms with E-state index in [2.05, 4.69) is 11.9 Å². The van der Waals surface area contributed by atoms with E-state index in [9.17, 15) is 24.3 Å². The highest BCUT2D eigenvalue weighted by Crippen LogP contribution is 2.50. The minimum absolute atomic E-state index is 0.0244. The molecule has 0 aromatic heterocycles. The van der Waals surface area contributed by atoms with Gasteiger partial charge in [-0.05, 0) is 54.6 Å². The Balaban J connectivity index is 1.71. The van der Waals surface area contributed by atoms with E-state index in [1.807, 2.05) is 118 Å². The molecule has 0 radical (unpaired) electrons. The van der Waals surface area contributed by atoms with Crippen LogP contribution in [0, 0.1) is 5.92 Å². The van der Waals surface area contributed by atoms with E-state index < -0.39 is 51.2 Å². The summed E-state index contributed by atoms with van der Waals surface area (Å²) in [5, 5.41) is 16.2. The minimum atomic E-state index is -3.25. The van der Waals surface area contributed by atoms with Gasteiger partial charge in [-0.25, -0.2) is 9.59 Å². The summed E-state index contributed by atoms with van der Waals surface area (Å²) in [5.74, 6) is -2.73. The number of hydrogen-bond acceptors (Lipinski definition) is 6. The third-order valence-electron chi connectivity index (χ3n) is 8.64. The molecule has 0 aliphatic carbocycles. The van der Waals surface area contributed by atoms with Crippen molar-refractivity contribution in [3.05, 3.63) is 133 Å². The summed E-state index contributed by atoms with van der Waals surface area (Å²) in [5.41, 5.74) is 0.578. The summed E-state index contributed by atoms with van der Waals surface area (Å²) in [6.07, 6.45) is 0.00601. The zero-order valence-corrected chi connectivity index (χ0v) is 31.1. The maximum atomic E-state index is 14.6. The molecule has 264 valence electrons. The number of ketones is 1. The van der Waals surface area contributed by atoms with Crippen LogP contribution in [-0.4, -0.2) is 66.2 Å². The number of benzene rings is 4. The Bertz CT molecular complexity index is 1860. The molecule has 3 atom stereocenters. The lowest BCUT2D eigenvalue weighted by atomic mass is 9.79. The average Bonchev–Trinajstić information content (AvgIpc) is 3.11.